The van der Waals surface area contributed by atoms with Crippen molar-refractivity contribution in [3.8, 4) is 0 Å². The number of tetrazole rings is 1. The number of nitrogens with zero attached hydrogens (tertiary/aromatic N) is 3. The molecule has 0 amide bonds. The molecular weight excluding hydrogens is 136 g/mol. The average molecular weight is 144 g/mol. The summed E-state index contributed by atoms with van der Waals surface area (Å²) in [4.78, 5) is 8.36. The van der Waals surface area contributed by atoms with Crippen LogP contribution in [0.25, 0.3) is 0 Å². The first-order chi connectivity index (χ1) is 4.85. The molecule has 0 unspecified atom stereocenters. The molecule has 1 rings (SSSR count). The third-order valence-electron chi connectivity index (χ3n) is 0.724. The van der Waals surface area contributed by atoms with Crippen molar-refractivity contribution in [3.63, 3.8) is 0 Å². The van der Waals surface area contributed by atoms with Gasteiger partial charge in [0.25, 0.3) is 6.47 Å². The topological polar surface area (TPSA) is 91.8 Å². The third kappa shape index (κ3) is 3.53. The van der Waals surface area contributed by atoms with E-state index in [9.17, 15) is 0 Å². The first-order valence-electron chi connectivity index (χ1n) is 2.65. The second-order valence-corrected chi connectivity index (χ2v) is 1.31. The average Bonchev–Trinajstić information content (AvgIpc) is 2.39. The Hall–Kier alpha value is -1.46. The van der Waals surface area contributed by atoms with E-state index in [4.69, 9.17) is 9.90 Å². The summed E-state index contributed by atoms with van der Waals surface area (Å²) in [6, 6.07) is 0. The number of hydrogen-bond donors (Lipinski definition) is 2. The van der Waals surface area contributed by atoms with Crippen LogP contribution < -0.4 is 0 Å². The van der Waals surface area contributed by atoms with Gasteiger partial charge in [0.15, 0.2) is 0 Å². The lowest BCUT2D eigenvalue weighted by Crippen LogP contribution is -1.80. The van der Waals surface area contributed by atoms with Gasteiger partial charge < -0.3 is 5.11 Å². The minimum absolute atomic E-state index is 0.250. The van der Waals surface area contributed by atoms with Gasteiger partial charge in [0.1, 0.15) is 5.82 Å². The van der Waals surface area contributed by atoms with E-state index >= 15 is 0 Å². The number of H-pyrrole nitrogens is 1. The molecule has 0 aliphatic heterocycles. The molecule has 0 saturated carbocycles. The van der Waals surface area contributed by atoms with Crippen LogP contribution in [0.3, 0.4) is 0 Å². The van der Waals surface area contributed by atoms with Gasteiger partial charge in [-0.25, -0.2) is 5.10 Å². The van der Waals surface area contributed by atoms with Gasteiger partial charge in [-0.2, -0.15) is 0 Å². The number of carbonyl (C=O) groups is 1. The van der Waals surface area contributed by atoms with Gasteiger partial charge >= 0.3 is 0 Å². The van der Waals surface area contributed by atoms with E-state index in [2.05, 4.69) is 20.6 Å². The van der Waals surface area contributed by atoms with Crippen molar-refractivity contribution in [2.45, 2.75) is 13.3 Å². The number of nitrogens with one attached hydrogen (secondary N) is 1. The molecule has 6 nitrogen and oxygen atoms in total. The fourth-order valence-corrected chi connectivity index (χ4v) is 0.329. The molecule has 1 heterocycles. The Morgan fingerprint density at radius 3 is 2.60 bits per heavy atom. The minimum Gasteiger partial charge on any atom is -0.483 e. The van der Waals surface area contributed by atoms with E-state index in [1.54, 1.807) is 0 Å². The highest BCUT2D eigenvalue weighted by Gasteiger charge is 1.86. The maximum absolute atomic E-state index is 8.36. The summed E-state index contributed by atoms with van der Waals surface area (Å²) in [5.41, 5.74) is 0. The lowest BCUT2D eigenvalue weighted by atomic mass is 10.5. The molecule has 56 valence electrons. The van der Waals surface area contributed by atoms with Crippen molar-refractivity contribution in [1.82, 2.24) is 20.6 Å². The highest BCUT2D eigenvalue weighted by Crippen LogP contribution is 1.79. The van der Waals surface area contributed by atoms with Crippen LogP contribution in [-0.2, 0) is 11.2 Å². The lowest BCUT2D eigenvalue weighted by molar-refractivity contribution is -0.122. The SMILES string of the molecule is CCc1nnn[nH]1.O=CO. The van der Waals surface area contributed by atoms with Crippen LogP contribution >= 0.6 is 0 Å². The third-order valence-corrected chi connectivity index (χ3v) is 0.724. The number of aryl methyl sites for hydroxylation is 1. The maximum atomic E-state index is 8.36. The zero-order chi connectivity index (χ0) is 7.82. The van der Waals surface area contributed by atoms with Gasteiger partial charge in [0.05, 0.1) is 0 Å². The summed E-state index contributed by atoms with van der Waals surface area (Å²) in [6.45, 7) is 1.74. The van der Waals surface area contributed by atoms with Gasteiger partial charge in [0.2, 0.25) is 0 Å². The summed E-state index contributed by atoms with van der Waals surface area (Å²) in [6.07, 6.45) is 0.868. The molecular formula is C4H8N4O2. The number of aromatic nitrogens is 4. The predicted molar refractivity (Wildman–Crippen MR) is 32.2 cm³/mol. The van der Waals surface area contributed by atoms with Crippen LogP contribution in [0, 0.1) is 0 Å². The summed E-state index contributed by atoms with van der Waals surface area (Å²) in [5, 5.41) is 19.9. The normalized spacial score (nSPS) is 7.70. The predicted octanol–water partition coefficient (Wildman–Crippen LogP) is -0.537. The van der Waals surface area contributed by atoms with Crippen molar-refractivity contribution in [1.29, 1.82) is 0 Å². The highest BCUT2D eigenvalue weighted by atomic mass is 16.3. The molecule has 1 aromatic heterocycles. The van der Waals surface area contributed by atoms with Crippen molar-refractivity contribution in [3.05, 3.63) is 5.82 Å². The minimum atomic E-state index is -0.250. The molecule has 10 heavy (non-hydrogen) atoms. The Labute approximate surface area is 57.3 Å². The summed E-state index contributed by atoms with van der Waals surface area (Å²) >= 11 is 0. The standard InChI is InChI=1S/C3H6N4.CH2O2/c1-2-3-4-6-7-5-3;2-1-3/h2H2,1H3,(H,4,5,6,7);1H,(H,2,3). The van der Waals surface area contributed by atoms with Gasteiger partial charge in [-0.15, -0.1) is 5.10 Å². The van der Waals surface area contributed by atoms with E-state index in [0.717, 1.165) is 12.2 Å². The molecule has 0 bridgehead atoms. The first kappa shape index (κ1) is 8.54. The van der Waals surface area contributed by atoms with Crippen LogP contribution in [-0.4, -0.2) is 32.2 Å². The zero-order valence-electron chi connectivity index (χ0n) is 5.48. The van der Waals surface area contributed by atoms with Crippen LogP contribution in [0.2, 0.25) is 0 Å². The molecule has 0 atom stereocenters. The van der Waals surface area contributed by atoms with E-state index in [0.29, 0.717) is 0 Å². The zero-order valence-corrected chi connectivity index (χ0v) is 5.48. The number of carboxylic acid groups (broad SMARTS) is 1. The second kappa shape index (κ2) is 5.67. The van der Waals surface area contributed by atoms with Crippen molar-refractivity contribution < 1.29 is 9.90 Å². The molecule has 0 aliphatic rings. The summed E-state index contributed by atoms with van der Waals surface area (Å²) < 4.78 is 0. The smallest absolute Gasteiger partial charge is 0.290 e. The van der Waals surface area contributed by atoms with Crippen molar-refractivity contribution >= 4 is 6.47 Å². The van der Waals surface area contributed by atoms with Crippen LogP contribution in [0.1, 0.15) is 12.7 Å². The van der Waals surface area contributed by atoms with Gasteiger partial charge in [-0.05, 0) is 10.4 Å². The molecule has 0 aromatic carbocycles. The van der Waals surface area contributed by atoms with E-state index in [1.165, 1.54) is 0 Å². The molecule has 0 radical (unpaired) electrons. The molecule has 0 saturated heterocycles. The lowest BCUT2D eigenvalue weighted by Gasteiger charge is -1.74. The van der Waals surface area contributed by atoms with E-state index in [-0.39, 0.29) is 6.47 Å². The number of aromatic amines is 1. The second-order valence-electron chi connectivity index (χ2n) is 1.31. The maximum Gasteiger partial charge on any atom is 0.290 e. The summed E-state index contributed by atoms with van der Waals surface area (Å²) in [5.74, 6) is 0.833. The Morgan fingerprint density at radius 2 is 2.40 bits per heavy atom. The van der Waals surface area contributed by atoms with Gasteiger partial charge in [-0.3, -0.25) is 4.79 Å². The van der Waals surface area contributed by atoms with E-state index in [1.807, 2.05) is 6.92 Å². The quantitative estimate of drug-likeness (QED) is 0.516. The number of hydrogen-bond acceptors (Lipinski definition) is 4. The monoisotopic (exact) mass is 144 g/mol. The highest BCUT2D eigenvalue weighted by molar-refractivity contribution is 5.32. The largest absolute Gasteiger partial charge is 0.483 e. The molecule has 0 spiro atoms. The first-order valence-corrected chi connectivity index (χ1v) is 2.65. The molecule has 1 aromatic rings. The van der Waals surface area contributed by atoms with Crippen LogP contribution in [0.15, 0.2) is 0 Å². The Kier molecular flexibility index (Phi) is 4.84. The summed E-state index contributed by atoms with van der Waals surface area (Å²) in [7, 11) is 0. The Balaban J connectivity index is 0.000000236. The van der Waals surface area contributed by atoms with Crippen LogP contribution in [0.4, 0.5) is 0 Å². The Bertz CT molecular complexity index is 162. The van der Waals surface area contributed by atoms with Gasteiger partial charge in [-0.1, -0.05) is 6.92 Å². The van der Waals surface area contributed by atoms with Crippen molar-refractivity contribution in [2.24, 2.45) is 0 Å². The molecule has 0 aliphatic carbocycles. The fourth-order valence-electron chi connectivity index (χ4n) is 0.329. The van der Waals surface area contributed by atoms with Crippen molar-refractivity contribution in [2.75, 3.05) is 0 Å². The fraction of sp³-hybridized carbons (Fsp3) is 0.500. The molecule has 6 heteroatoms. The van der Waals surface area contributed by atoms with Crippen LogP contribution in [0.5, 0.6) is 0 Å². The molecule has 0 fully saturated rings. The molecule has 2 N–H and O–H groups in total. The van der Waals surface area contributed by atoms with E-state index < -0.39 is 0 Å². The van der Waals surface area contributed by atoms with Gasteiger partial charge in [0, 0.05) is 6.42 Å². The Morgan fingerprint density at radius 1 is 1.80 bits per heavy atom. The number of rotatable bonds is 1.